The molecule has 0 saturated heterocycles. The van der Waals surface area contributed by atoms with Gasteiger partial charge in [0.25, 0.3) is 0 Å². The number of nitrogens with zero attached hydrogens (tertiary/aromatic N) is 2. The number of benzene rings is 1. The molecule has 1 heterocycles. The molecule has 8 nitrogen and oxygen atoms in total. The molecule has 2 aromatic rings. The predicted molar refractivity (Wildman–Crippen MR) is 95.6 cm³/mol. The number of halogens is 2. The highest BCUT2D eigenvalue weighted by atomic mass is 32.2. The summed E-state index contributed by atoms with van der Waals surface area (Å²) in [5.74, 6) is -2.94. The van der Waals surface area contributed by atoms with E-state index in [1.807, 2.05) is 0 Å². The van der Waals surface area contributed by atoms with E-state index in [9.17, 15) is 17.2 Å². The van der Waals surface area contributed by atoms with Crippen molar-refractivity contribution in [1.29, 1.82) is 0 Å². The fourth-order valence-electron chi connectivity index (χ4n) is 2.47. The Hall–Kier alpha value is -2.82. The minimum absolute atomic E-state index is 0.0637. The van der Waals surface area contributed by atoms with E-state index in [2.05, 4.69) is 4.98 Å². The maximum atomic E-state index is 13.4. The lowest BCUT2D eigenvalue weighted by Gasteiger charge is -2.13. The second kappa shape index (κ2) is 7.43. The molecule has 0 atom stereocenters. The third-order valence-corrected chi connectivity index (χ3v) is 4.96. The molecule has 0 bridgehead atoms. The number of nitrogens with two attached hydrogens (primary N) is 3. The molecule has 0 spiro atoms. The van der Waals surface area contributed by atoms with Gasteiger partial charge in [-0.05, 0) is 12.8 Å². The summed E-state index contributed by atoms with van der Waals surface area (Å²) in [5, 5.41) is -0.288. The van der Waals surface area contributed by atoms with Crippen LogP contribution >= 0.6 is 0 Å². The van der Waals surface area contributed by atoms with Crippen molar-refractivity contribution < 1.29 is 21.4 Å². The van der Waals surface area contributed by atoms with E-state index >= 15 is 0 Å². The summed E-state index contributed by atoms with van der Waals surface area (Å²) in [6.07, 6.45) is 0. The molecule has 0 fully saturated rings. The van der Waals surface area contributed by atoms with Crippen LogP contribution in [0.4, 0.5) is 8.78 Å². The van der Waals surface area contributed by atoms with Crippen LogP contribution in [0.15, 0.2) is 29.0 Å². The third kappa shape index (κ3) is 4.13. The van der Waals surface area contributed by atoms with E-state index in [0.717, 1.165) is 12.1 Å². The third-order valence-electron chi connectivity index (χ3n) is 3.64. The fraction of sp³-hybridized carbons (Fsp3) is 0.312. The Balaban J connectivity index is 2.69. The standard InChI is InChI=1S/C16H21F2N5O3S/c1-4-23-15(12(19)14(20)21)22-13(8(2)3)16(23)27(24,25)26-11-6-9(17)5-10(18)7-11/h5-8H,4,19-21H2,1-3H3. The van der Waals surface area contributed by atoms with Crippen LogP contribution in [-0.4, -0.2) is 18.0 Å². The highest BCUT2D eigenvalue weighted by Crippen LogP contribution is 2.30. The summed E-state index contributed by atoms with van der Waals surface area (Å²) in [6, 6.07) is 2.12. The molecule has 1 aromatic heterocycles. The lowest BCUT2D eigenvalue weighted by Crippen LogP contribution is -2.21. The molecule has 0 unspecified atom stereocenters. The van der Waals surface area contributed by atoms with Crippen molar-refractivity contribution in [2.75, 3.05) is 0 Å². The van der Waals surface area contributed by atoms with Crippen LogP contribution in [-0.2, 0) is 16.7 Å². The average Bonchev–Trinajstić information content (AvgIpc) is 2.93. The highest BCUT2D eigenvalue weighted by Gasteiger charge is 2.32. The van der Waals surface area contributed by atoms with Gasteiger partial charge in [-0.1, -0.05) is 13.8 Å². The van der Waals surface area contributed by atoms with Crippen molar-refractivity contribution in [3.8, 4) is 5.75 Å². The molecule has 1 aromatic carbocycles. The smallest absolute Gasteiger partial charge is 0.357 e. The highest BCUT2D eigenvalue weighted by molar-refractivity contribution is 7.87. The van der Waals surface area contributed by atoms with Gasteiger partial charge in [0.2, 0.25) is 0 Å². The average molecular weight is 401 g/mol. The van der Waals surface area contributed by atoms with E-state index in [4.69, 9.17) is 21.4 Å². The van der Waals surface area contributed by atoms with Crippen molar-refractivity contribution in [3.63, 3.8) is 0 Å². The summed E-state index contributed by atoms with van der Waals surface area (Å²) in [4.78, 5) is 4.26. The van der Waals surface area contributed by atoms with E-state index in [1.54, 1.807) is 20.8 Å². The van der Waals surface area contributed by atoms with Crippen molar-refractivity contribution in [3.05, 3.63) is 47.2 Å². The molecule has 0 aliphatic rings. The van der Waals surface area contributed by atoms with Crippen LogP contribution in [0.5, 0.6) is 5.75 Å². The van der Waals surface area contributed by atoms with E-state index in [-0.39, 0.29) is 40.5 Å². The maximum absolute atomic E-state index is 13.4. The van der Waals surface area contributed by atoms with Crippen molar-refractivity contribution in [2.45, 2.75) is 38.3 Å². The minimum atomic E-state index is -4.50. The van der Waals surface area contributed by atoms with Gasteiger partial charge in [-0.2, -0.15) is 8.42 Å². The molecule has 0 amide bonds. The topological polar surface area (TPSA) is 139 Å². The van der Waals surface area contributed by atoms with Crippen LogP contribution in [0.2, 0.25) is 0 Å². The largest absolute Gasteiger partial charge is 0.393 e. The first kappa shape index (κ1) is 20.5. The van der Waals surface area contributed by atoms with E-state index in [0.29, 0.717) is 6.07 Å². The van der Waals surface area contributed by atoms with Gasteiger partial charge < -0.3 is 26.0 Å². The summed E-state index contributed by atoms with van der Waals surface area (Å²) < 4.78 is 58.7. The Labute approximate surface area is 155 Å². The van der Waals surface area contributed by atoms with Crippen LogP contribution in [0.3, 0.4) is 0 Å². The molecule has 11 heteroatoms. The quantitative estimate of drug-likeness (QED) is 0.624. The number of aromatic nitrogens is 2. The lowest BCUT2D eigenvalue weighted by atomic mass is 10.1. The molecule has 27 heavy (non-hydrogen) atoms. The Kier molecular flexibility index (Phi) is 5.64. The monoisotopic (exact) mass is 401 g/mol. The minimum Gasteiger partial charge on any atom is -0.393 e. The van der Waals surface area contributed by atoms with Crippen molar-refractivity contribution in [2.24, 2.45) is 17.2 Å². The van der Waals surface area contributed by atoms with E-state index < -0.39 is 27.5 Å². The van der Waals surface area contributed by atoms with Gasteiger partial charge in [0, 0.05) is 24.7 Å². The second-order valence-corrected chi connectivity index (χ2v) is 7.50. The maximum Gasteiger partial charge on any atom is 0.357 e. The van der Waals surface area contributed by atoms with Crippen LogP contribution < -0.4 is 21.4 Å². The number of rotatable bonds is 6. The van der Waals surface area contributed by atoms with Gasteiger partial charge in [0.05, 0.1) is 5.69 Å². The fourth-order valence-corrected chi connectivity index (χ4v) is 3.92. The molecule has 0 saturated carbocycles. The van der Waals surface area contributed by atoms with Crippen LogP contribution in [0.1, 0.15) is 38.2 Å². The molecular formula is C16H21F2N5O3S. The van der Waals surface area contributed by atoms with Crippen LogP contribution in [0, 0.1) is 11.6 Å². The number of hydrogen-bond acceptors (Lipinski definition) is 7. The van der Waals surface area contributed by atoms with Crippen molar-refractivity contribution in [1.82, 2.24) is 9.55 Å². The number of hydrogen-bond donors (Lipinski definition) is 3. The van der Waals surface area contributed by atoms with Gasteiger partial charge in [-0.15, -0.1) is 0 Å². The molecule has 2 rings (SSSR count). The number of imidazole rings is 1. The molecule has 0 aliphatic heterocycles. The molecule has 0 radical (unpaired) electrons. The Morgan fingerprint density at radius 2 is 1.74 bits per heavy atom. The first-order chi connectivity index (χ1) is 12.5. The molecule has 148 valence electrons. The van der Waals surface area contributed by atoms with E-state index in [1.165, 1.54) is 4.57 Å². The Morgan fingerprint density at radius 1 is 1.19 bits per heavy atom. The van der Waals surface area contributed by atoms with Gasteiger partial charge in [0.15, 0.2) is 10.9 Å². The molecule has 0 aliphatic carbocycles. The SMILES string of the molecule is CCn1c(C(N)=C(N)N)nc(C(C)C)c1S(=O)(=O)Oc1cc(F)cc(F)c1. The second-order valence-electron chi connectivity index (χ2n) is 6.04. The summed E-state index contributed by atoms with van der Waals surface area (Å²) >= 11 is 0. The zero-order valence-electron chi connectivity index (χ0n) is 15.0. The summed E-state index contributed by atoms with van der Waals surface area (Å²) in [7, 11) is -4.50. The van der Waals surface area contributed by atoms with Gasteiger partial charge in [0.1, 0.15) is 28.9 Å². The lowest BCUT2D eigenvalue weighted by molar-refractivity contribution is 0.465. The molecular weight excluding hydrogens is 380 g/mol. The zero-order chi connectivity index (χ0) is 20.5. The Bertz CT molecular complexity index is 975. The van der Waals surface area contributed by atoms with Gasteiger partial charge in [-0.25, -0.2) is 13.8 Å². The zero-order valence-corrected chi connectivity index (χ0v) is 15.8. The van der Waals surface area contributed by atoms with Gasteiger partial charge >= 0.3 is 10.1 Å². The predicted octanol–water partition coefficient (Wildman–Crippen LogP) is 1.57. The van der Waals surface area contributed by atoms with Crippen molar-refractivity contribution >= 4 is 15.8 Å². The molecule has 6 N–H and O–H groups in total. The first-order valence-corrected chi connectivity index (χ1v) is 9.40. The summed E-state index contributed by atoms with van der Waals surface area (Å²) in [5.41, 5.74) is 16.9. The normalized spacial score (nSPS) is 11.6. The van der Waals surface area contributed by atoms with Gasteiger partial charge in [-0.3, -0.25) is 0 Å². The Morgan fingerprint density at radius 3 is 2.19 bits per heavy atom. The first-order valence-electron chi connectivity index (χ1n) is 8.00. The van der Waals surface area contributed by atoms with Crippen LogP contribution in [0.25, 0.3) is 5.70 Å². The summed E-state index contributed by atoms with van der Waals surface area (Å²) in [6.45, 7) is 5.26.